The molecule has 4 rings (SSSR count). The summed E-state index contributed by atoms with van der Waals surface area (Å²) < 4.78 is 27.6. The minimum absolute atomic E-state index is 0.0297. The molecule has 2 aliphatic heterocycles. The van der Waals surface area contributed by atoms with E-state index in [1.54, 1.807) is 30.0 Å². The lowest BCUT2D eigenvalue weighted by Crippen LogP contribution is -2.28. The van der Waals surface area contributed by atoms with Gasteiger partial charge in [0.05, 0.1) is 5.25 Å². The normalized spacial score (nSPS) is 47.1. The highest BCUT2D eigenvalue weighted by Crippen LogP contribution is 2.81. The topological polar surface area (TPSA) is 0 Å². The van der Waals surface area contributed by atoms with Gasteiger partial charge in [0.2, 0.25) is 0 Å². The molecule has 4 unspecified atom stereocenters. The van der Waals surface area contributed by atoms with Gasteiger partial charge in [0, 0.05) is 10.8 Å². The van der Waals surface area contributed by atoms with Crippen molar-refractivity contribution in [1.82, 2.24) is 0 Å². The van der Waals surface area contributed by atoms with E-state index in [1.807, 2.05) is 12.2 Å². The third kappa shape index (κ3) is 0.938. The van der Waals surface area contributed by atoms with Crippen LogP contribution in [0.4, 0.5) is 8.78 Å². The molecule has 0 N–H and O–H groups in total. The highest BCUT2D eigenvalue weighted by molar-refractivity contribution is 8.14. The third-order valence-corrected chi connectivity index (χ3v) is 6.59. The van der Waals surface area contributed by atoms with Crippen LogP contribution < -0.4 is 0 Å². The summed E-state index contributed by atoms with van der Waals surface area (Å²) in [5.41, 5.74) is 0.490. The zero-order chi connectivity index (χ0) is 11.0. The van der Waals surface area contributed by atoms with Crippen molar-refractivity contribution in [3.63, 3.8) is 0 Å². The van der Waals surface area contributed by atoms with Crippen molar-refractivity contribution in [3.8, 4) is 0 Å². The largest absolute Gasteiger partial charge is 0.228 e. The molecule has 0 radical (unpaired) electrons. The second-order valence-corrected chi connectivity index (χ2v) is 7.11. The van der Waals surface area contributed by atoms with E-state index in [2.05, 4.69) is 0 Å². The van der Waals surface area contributed by atoms with Crippen LogP contribution in [0.15, 0.2) is 36.4 Å². The first-order valence-corrected chi connectivity index (χ1v) is 6.92. The summed E-state index contributed by atoms with van der Waals surface area (Å²) in [6.07, 6.45) is 3.89. The first-order chi connectivity index (χ1) is 7.67. The number of fused-ring (bicyclic) bond motifs is 3. The highest BCUT2D eigenvalue weighted by atomic mass is 32.2. The number of hydrogen-bond acceptors (Lipinski definition) is 2. The molecule has 0 aromatic heterocycles. The van der Waals surface area contributed by atoms with Gasteiger partial charge in [-0.1, -0.05) is 42.1 Å². The predicted molar refractivity (Wildman–Crippen MR) is 63.8 cm³/mol. The summed E-state index contributed by atoms with van der Waals surface area (Å²) in [5, 5.41) is -0.929. The van der Waals surface area contributed by atoms with Crippen LogP contribution in [0.25, 0.3) is 0 Å². The maximum absolute atomic E-state index is 14.6. The van der Waals surface area contributed by atoms with Crippen LogP contribution in [0, 0.1) is 5.82 Å². The molecule has 1 aromatic carbocycles. The lowest BCUT2D eigenvalue weighted by Gasteiger charge is -2.17. The van der Waals surface area contributed by atoms with E-state index in [0.29, 0.717) is 10.8 Å². The molecule has 0 bridgehead atoms. The smallest absolute Gasteiger partial charge is 0.193 e. The van der Waals surface area contributed by atoms with E-state index < -0.39 is 9.75 Å². The van der Waals surface area contributed by atoms with Crippen molar-refractivity contribution in [3.05, 3.63) is 47.8 Å². The van der Waals surface area contributed by atoms with Crippen LogP contribution >= 0.6 is 23.5 Å². The standard InChI is InChI=1S/C12H8F2S2/c13-8-4-2-1-3-7(8)11-6-5-9-10(15-9)12(11,14)16-11/h1-6,9-10H. The highest BCUT2D eigenvalue weighted by Gasteiger charge is 2.80. The number of hydrogen-bond donors (Lipinski definition) is 0. The summed E-state index contributed by atoms with van der Waals surface area (Å²) >= 11 is 2.89. The van der Waals surface area contributed by atoms with Crippen molar-refractivity contribution < 1.29 is 8.78 Å². The lowest BCUT2D eigenvalue weighted by molar-refractivity contribution is 0.297. The van der Waals surface area contributed by atoms with E-state index >= 15 is 0 Å². The fraction of sp³-hybridized carbons (Fsp3) is 0.333. The number of rotatable bonds is 1. The molecule has 1 aliphatic carbocycles. The third-order valence-electron chi connectivity index (χ3n) is 3.46. The second-order valence-electron chi connectivity index (χ2n) is 4.34. The zero-order valence-electron chi connectivity index (χ0n) is 8.19. The van der Waals surface area contributed by atoms with Crippen LogP contribution in [0.2, 0.25) is 0 Å². The number of halogens is 2. The fourth-order valence-electron chi connectivity index (χ4n) is 2.52. The summed E-state index contributed by atoms with van der Waals surface area (Å²) in [7, 11) is 0. The van der Waals surface area contributed by atoms with E-state index in [1.165, 1.54) is 17.8 Å². The molecule has 4 heteroatoms. The predicted octanol–water partition coefficient (Wildman–Crippen LogP) is 3.49. The van der Waals surface area contributed by atoms with Crippen molar-refractivity contribution in [2.75, 3.05) is 0 Å². The molecule has 4 atom stereocenters. The Morgan fingerprint density at radius 3 is 2.88 bits per heavy atom. The first-order valence-electron chi connectivity index (χ1n) is 5.16. The maximum atomic E-state index is 14.6. The van der Waals surface area contributed by atoms with Crippen LogP contribution in [-0.2, 0) is 4.75 Å². The Kier molecular flexibility index (Phi) is 1.59. The molecule has 82 valence electrons. The Labute approximate surface area is 100 Å². The average Bonchev–Trinajstić information content (AvgIpc) is 3.10. The van der Waals surface area contributed by atoms with Gasteiger partial charge >= 0.3 is 0 Å². The Bertz CT molecular complexity index is 515. The summed E-state index contributed by atoms with van der Waals surface area (Å²) in [6.45, 7) is 0. The van der Waals surface area contributed by atoms with Gasteiger partial charge in [0.25, 0.3) is 0 Å². The molecule has 0 amide bonds. The van der Waals surface area contributed by atoms with Crippen LogP contribution in [0.1, 0.15) is 5.56 Å². The molecular weight excluding hydrogens is 246 g/mol. The minimum atomic E-state index is -1.28. The Morgan fingerprint density at radius 1 is 1.25 bits per heavy atom. The number of alkyl halides is 1. The molecule has 2 fully saturated rings. The number of thioether (sulfide) groups is 2. The fourth-order valence-corrected chi connectivity index (χ4v) is 5.45. The van der Waals surface area contributed by atoms with Gasteiger partial charge in [0.15, 0.2) is 5.00 Å². The van der Waals surface area contributed by atoms with Crippen LogP contribution in [0.3, 0.4) is 0 Å². The van der Waals surface area contributed by atoms with E-state index in [-0.39, 0.29) is 11.1 Å². The molecule has 16 heavy (non-hydrogen) atoms. The zero-order valence-corrected chi connectivity index (χ0v) is 9.82. The lowest BCUT2D eigenvalue weighted by atomic mass is 9.87. The molecular formula is C12H8F2S2. The van der Waals surface area contributed by atoms with Gasteiger partial charge in [-0.05, 0) is 6.07 Å². The Hall–Kier alpha value is -0.480. The Balaban J connectivity index is 1.88. The van der Waals surface area contributed by atoms with Gasteiger partial charge in [-0.25, -0.2) is 8.78 Å². The molecule has 2 heterocycles. The van der Waals surface area contributed by atoms with Gasteiger partial charge in [0.1, 0.15) is 10.6 Å². The molecule has 0 spiro atoms. The average molecular weight is 254 g/mol. The SMILES string of the molecule is Fc1ccccc1C12C=CC3SC3C1(F)S2. The summed E-state index contributed by atoms with van der Waals surface area (Å²) in [4.78, 5) is 0. The molecule has 0 nitrogen and oxygen atoms in total. The van der Waals surface area contributed by atoms with Gasteiger partial charge < -0.3 is 0 Å². The first kappa shape index (κ1) is 9.54. The van der Waals surface area contributed by atoms with E-state index in [0.717, 1.165) is 0 Å². The molecule has 3 aliphatic rings. The number of benzene rings is 1. The van der Waals surface area contributed by atoms with Gasteiger partial charge in [-0.15, -0.1) is 11.8 Å². The maximum Gasteiger partial charge on any atom is 0.193 e. The minimum Gasteiger partial charge on any atom is -0.228 e. The van der Waals surface area contributed by atoms with Crippen LogP contribution in [0.5, 0.6) is 0 Å². The summed E-state index contributed by atoms with van der Waals surface area (Å²) in [6, 6.07) is 6.51. The van der Waals surface area contributed by atoms with Crippen molar-refractivity contribution >= 4 is 23.5 Å². The van der Waals surface area contributed by atoms with Crippen LogP contribution in [-0.4, -0.2) is 15.5 Å². The quantitative estimate of drug-likeness (QED) is 0.556. The van der Waals surface area contributed by atoms with Crippen molar-refractivity contribution in [2.24, 2.45) is 0 Å². The van der Waals surface area contributed by atoms with Gasteiger partial charge in [-0.2, -0.15) is 0 Å². The summed E-state index contributed by atoms with van der Waals surface area (Å²) in [5.74, 6) is -0.303. The van der Waals surface area contributed by atoms with E-state index in [4.69, 9.17) is 0 Å². The Morgan fingerprint density at radius 2 is 2.06 bits per heavy atom. The van der Waals surface area contributed by atoms with Gasteiger partial charge in [-0.3, -0.25) is 0 Å². The van der Waals surface area contributed by atoms with Crippen molar-refractivity contribution in [1.29, 1.82) is 0 Å². The monoisotopic (exact) mass is 254 g/mol. The molecule has 0 saturated carbocycles. The van der Waals surface area contributed by atoms with Crippen molar-refractivity contribution in [2.45, 2.75) is 20.2 Å². The second kappa shape index (κ2) is 2.67. The molecule has 1 aromatic rings. The molecule has 2 saturated heterocycles. The van der Waals surface area contributed by atoms with E-state index in [9.17, 15) is 8.78 Å².